The summed E-state index contributed by atoms with van der Waals surface area (Å²) in [6.07, 6.45) is 13.6. The molecule has 2 aliphatic heterocycles. The van der Waals surface area contributed by atoms with Crippen molar-refractivity contribution >= 4 is 54.3 Å². The van der Waals surface area contributed by atoms with Crippen LogP contribution in [0.5, 0.6) is 0 Å². The molecule has 5 N–H and O–H groups in total. The molecule has 0 radical (unpaired) electrons. The molecule has 0 unspecified atom stereocenters. The number of unbranched alkanes of at least 4 members (excludes halogenated alkanes) is 2. The summed E-state index contributed by atoms with van der Waals surface area (Å²) in [5.74, 6) is -0.522. The van der Waals surface area contributed by atoms with Crippen molar-refractivity contribution < 1.29 is 30.5 Å². The Labute approximate surface area is 339 Å². The molecule has 12 heteroatoms. The number of allylic oxidation sites excluding steroid dienone is 8. The maximum absolute atomic E-state index is 11.5. The lowest BCUT2D eigenvalue weighted by Crippen LogP contribution is -2.28. The van der Waals surface area contributed by atoms with Gasteiger partial charge in [-0.15, -0.1) is 0 Å². The van der Waals surface area contributed by atoms with E-state index in [4.69, 9.17) is 5.73 Å². The molecular weight excluding hydrogens is 757 g/mol. The Bertz CT molecular complexity index is 2410. The molecule has 57 heavy (non-hydrogen) atoms. The van der Waals surface area contributed by atoms with Crippen molar-refractivity contribution in [1.82, 2.24) is 0 Å². The quantitative estimate of drug-likeness (QED) is 0.0510. The van der Waals surface area contributed by atoms with Crippen LogP contribution in [0.15, 0.2) is 108 Å². The minimum Gasteiger partial charge on any atom is -0.397 e. The first-order chi connectivity index (χ1) is 26.9. The monoisotopic (exact) mass is 813 g/mol. The van der Waals surface area contributed by atoms with Crippen LogP contribution in [0, 0.1) is 0 Å². The Balaban J connectivity index is 1.44. The van der Waals surface area contributed by atoms with Crippen LogP contribution >= 0.6 is 0 Å². The molecule has 0 saturated carbocycles. The Morgan fingerprint density at radius 3 is 2.16 bits per heavy atom. The van der Waals surface area contributed by atoms with E-state index < -0.39 is 20.2 Å². The van der Waals surface area contributed by atoms with Crippen LogP contribution in [0.3, 0.4) is 0 Å². The number of nitrogens with one attached hydrogen (secondary N) is 1. The minimum atomic E-state index is -4.03. The van der Waals surface area contributed by atoms with Gasteiger partial charge in [0.1, 0.15) is 6.54 Å². The van der Waals surface area contributed by atoms with Crippen LogP contribution in [0.2, 0.25) is 0 Å². The lowest BCUT2D eigenvalue weighted by Gasteiger charge is -2.28. The Kier molecular flexibility index (Phi) is 12.4. The second-order valence-electron chi connectivity index (χ2n) is 16.3. The molecular formula is C45H57N4O6S2+. The second-order valence-corrected chi connectivity index (χ2v) is 19.5. The minimum absolute atomic E-state index is 0.261. The standard InChI is InChI=1S/C45H56N4O6S2/c1-44(2)35-17-6-8-19-39(35)48(27-10-12-29-56(50,51)52)41(44)25-22-32-15-14-16-33(43(32)34-21-24-38(47-5)37(46)31-34)23-26-42-45(3,4)36-18-7-9-20-40(36)49(42)28-11-13-30-57(53,54)55/h6-9,17-26,31H,10-16,27-30,46H2,1-5H3,(H2,50,51,52,53,54,55)/p+1/b32-22+,41-25+. The van der Waals surface area contributed by atoms with Gasteiger partial charge in [0.2, 0.25) is 5.69 Å². The first-order valence-corrected chi connectivity index (χ1v) is 23.1. The number of para-hydroxylation sites is 2. The van der Waals surface area contributed by atoms with Gasteiger partial charge in [-0.1, -0.05) is 68.5 Å². The molecule has 3 aliphatic rings. The molecule has 1 aliphatic carbocycles. The van der Waals surface area contributed by atoms with Crippen LogP contribution in [-0.2, 0) is 31.1 Å². The van der Waals surface area contributed by atoms with E-state index in [2.05, 4.69) is 109 Å². The van der Waals surface area contributed by atoms with Crippen LogP contribution < -0.4 is 16.0 Å². The largest absolute Gasteiger partial charge is 0.397 e. The fourth-order valence-electron chi connectivity index (χ4n) is 8.81. The average Bonchev–Trinajstić information content (AvgIpc) is 3.50. The van der Waals surface area contributed by atoms with Gasteiger partial charge in [0.05, 0.1) is 28.3 Å². The van der Waals surface area contributed by atoms with Gasteiger partial charge >= 0.3 is 0 Å². The van der Waals surface area contributed by atoms with Crippen LogP contribution in [0.25, 0.3) is 5.57 Å². The molecule has 0 atom stereocenters. The third kappa shape index (κ3) is 9.30. The van der Waals surface area contributed by atoms with Gasteiger partial charge in [-0.05, 0) is 104 Å². The topological polar surface area (TPSA) is 153 Å². The van der Waals surface area contributed by atoms with E-state index in [-0.39, 0.29) is 22.3 Å². The van der Waals surface area contributed by atoms with Crippen molar-refractivity contribution in [2.24, 2.45) is 0 Å². The van der Waals surface area contributed by atoms with Crippen molar-refractivity contribution in [2.45, 2.75) is 83.5 Å². The van der Waals surface area contributed by atoms with E-state index in [0.717, 1.165) is 58.9 Å². The second kappa shape index (κ2) is 16.8. The van der Waals surface area contributed by atoms with Crippen molar-refractivity contribution in [3.05, 3.63) is 125 Å². The summed E-state index contributed by atoms with van der Waals surface area (Å²) in [5.41, 5.74) is 19.0. The number of nitrogen functional groups attached to an aromatic ring is 1. The van der Waals surface area contributed by atoms with Crippen LogP contribution in [0.1, 0.15) is 89.3 Å². The Morgan fingerprint density at radius 2 is 1.47 bits per heavy atom. The van der Waals surface area contributed by atoms with Crippen molar-refractivity contribution in [2.75, 3.05) is 47.6 Å². The zero-order valence-electron chi connectivity index (χ0n) is 33.8. The molecule has 0 aromatic heterocycles. The molecule has 10 nitrogen and oxygen atoms in total. The van der Waals surface area contributed by atoms with E-state index in [1.54, 1.807) is 0 Å². The number of fused-ring (bicyclic) bond motifs is 2. The van der Waals surface area contributed by atoms with E-state index >= 15 is 0 Å². The van der Waals surface area contributed by atoms with Gasteiger partial charge < -0.3 is 16.0 Å². The third-order valence-corrected chi connectivity index (χ3v) is 13.3. The van der Waals surface area contributed by atoms with Gasteiger partial charge in [0.25, 0.3) is 20.2 Å². The summed E-state index contributed by atoms with van der Waals surface area (Å²) in [6.45, 7) is 10.1. The van der Waals surface area contributed by atoms with E-state index in [9.17, 15) is 25.9 Å². The molecule has 0 bridgehead atoms. The number of rotatable bonds is 15. The third-order valence-electron chi connectivity index (χ3n) is 11.7. The predicted molar refractivity (Wildman–Crippen MR) is 234 cm³/mol. The highest BCUT2D eigenvalue weighted by molar-refractivity contribution is 7.86. The maximum Gasteiger partial charge on any atom is 0.264 e. The molecule has 0 spiro atoms. The fraction of sp³-hybridized carbons (Fsp3) is 0.400. The predicted octanol–water partition coefficient (Wildman–Crippen LogP) is 8.82. The zero-order valence-corrected chi connectivity index (χ0v) is 35.4. The van der Waals surface area contributed by atoms with E-state index in [1.165, 1.54) is 22.3 Å². The lowest BCUT2D eigenvalue weighted by molar-refractivity contribution is -0.438. The first-order valence-electron chi connectivity index (χ1n) is 19.8. The Hall–Kier alpha value is -4.49. The van der Waals surface area contributed by atoms with E-state index in [1.807, 2.05) is 31.3 Å². The number of hydrogen-bond donors (Lipinski definition) is 4. The van der Waals surface area contributed by atoms with Gasteiger partial charge in [-0.3, -0.25) is 9.11 Å². The summed E-state index contributed by atoms with van der Waals surface area (Å²) in [6, 6.07) is 22.9. The van der Waals surface area contributed by atoms with Crippen LogP contribution in [-0.4, -0.2) is 67.9 Å². The summed E-state index contributed by atoms with van der Waals surface area (Å²) in [5, 5.41) is 3.19. The van der Waals surface area contributed by atoms with Crippen molar-refractivity contribution in [3.8, 4) is 0 Å². The number of hydrogen-bond acceptors (Lipinski definition) is 7. The molecule has 304 valence electrons. The van der Waals surface area contributed by atoms with Crippen LogP contribution in [0.4, 0.5) is 22.7 Å². The van der Waals surface area contributed by atoms with Crippen molar-refractivity contribution in [3.63, 3.8) is 0 Å². The average molecular weight is 814 g/mol. The summed E-state index contributed by atoms with van der Waals surface area (Å²) < 4.78 is 66.9. The lowest BCUT2D eigenvalue weighted by atomic mass is 9.79. The molecule has 3 aromatic carbocycles. The molecule has 2 heterocycles. The normalized spacial score (nSPS) is 19.2. The summed E-state index contributed by atoms with van der Waals surface area (Å²) in [4.78, 5) is 2.30. The summed E-state index contributed by atoms with van der Waals surface area (Å²) >= 11 is 0. The number of nitrogens with two attached hydrogens (primary N) is 1. The van der Waals surface area contributed by atoms with Gasteiger partial charge in [-0.2, -0.15) is 21.4 Å². The number of benzene rings is 3. The molecule has 0 amide bonds. The SMILES string of the molecule is CNc1ccc(C2=C(/C=C/C3=[N+](CCCCS(=O)(=O)O)c4ccccc4C3(C)C)CCC/C2=C\C=C2\N(CCCCS(=O)(=O)O)c3ccccc3C2(C)C)cc1N. The van der Waals surface area contributed by atoms with Gasteiger partial charge in [-0.25, -0.2) is 0 Å². The highest BCUT2D eigenvalue weighted by atomic mass is 32.2. The molecule has 0 saturated heterocycles. The van der Waals surface area contributed by atoms with Crippen molar-refractivity contribution in [1.29, 1.82) is 0 Å². The summed E-state index contributed by atoms with van der Waals surface area (Å²) in [7, 11) is -6.20. The maximum atomic E-state index is 11.5. The number of nitrogens with zero attached hydrogens (tertiary/aromatic N) is 2. The first kappa shape index (κ1) is 42.1. The molecule has 6 rings (SSSR count). The highest BCUT2D eigenvalue weighted by Crippen LogP contribution is 2.48. The highest BCUT2D eigenvalue weighted by Gasteiger charge is 2.44. The zero-order chi connectivity index (χ0) is 41.2. The number of anilines is 3. The fourth-order valence-corrected chi connectivity index (χ4v) is 9.94. The van der Waals surface area contributed by atoms with Gasteiger partial charge in [0, 0.05) is 54.5 Å². The molecule has 0 fully saturated rings. The Morgan fingerprint density at radius 1 is 0.807 bits per heavy atom. The van der Waals surface area contributed by atoms with E-state index in [0.29, 0.717) is 44.5 Å². The van der Waals surface area contributed by atoms with Gasteiger partial charge in [0.15, 0.2) is 5.71 Å². The smallest absolute Gasteiger partial charge is 0.264 e. The molecule has 3 aromatic rings.